The molecule has 0 amide bonds. The summed E-state index contributed by atoms with van der Waals surface area (Å²) in [5.41, 5.74) is 1.63. The van der Waals surface area contributed by atoms with Crippen molar-refractivity contribution in [2.45, 2.75) is 13.0 Å². The van der Waals surface area contributed by atoms with Gasteiger partial charge in [-0.3, -0.25) is 5.10 Å². The predicted molar refractivity (Wildman–Crippen MR) is 96.6 cm³/mol. The zero-order valence-electron chi connectivity index (χ0n) is 14.2. The average molecular weight is 367 g/mol. The van der Waals surface area contributed by atoms with Crippen LogP contribution in [0.25, 0.3) is 10.9 Å². The fraction of sp³-hybridized carbons (Fsp3) is 0.105. The molecule has 3 N–H and O–H groups in total. The number of halogens is 2. The van der Waals surface area contributed by atoms with Crippen LogP contribution in [-0.2, 0) is 0 Å². The van der Waals surface area contributed by atoms with E-state index in [2.05, 4.69) is 25.5 Å². The number of aromatic nitrogens is 4. The molecule has 4 aromatic rings. The fourth-order valence-electron chi connectivity index (χ4n) is 2.75. The molecule has 0 saturated heterocycles. The van der Waals surface area contributed by atoms with Crippen molar-refractivity contribution in [3.05, 3.63) is 77.2 Å². The van der Waals surface area contributed by atoms with Crippen LogP contribution in [0.3, 0.4) is 0 Å². The molecule has 0 bridgehead atoms. The molecule has 0 fully saturated rings. The van der Waals surface area contributed by atoms with Gasteiger partial charge in [-0.1, -0.05) is 18.2 Å². The number of benzene rings is 2. The lowest BCUT2D eigenvalue weighted by Gasteiger charge is -2.14. The molecule has 0 radical (unpaired) electrons. The largest absolute Gasteiger partial charge is 0.380 e. The van der Waals surface area contributed by atoms with Gasteiger partial charge in [-0.25, -0.2) is 18.7 Å². The highest BCUT2D eigenvalue weighted by Crippen LogP contribution is 2.28. The minimum atomic E-state index is -1.31. The van der Waals surface area contributed by atoms with Crippen LogP contribution in [-0.4, -0.2) is 25.3 Å². The molecule has 2 aromatic carbocycles. The van der Waals surface area contributed by atoms with E-state index in [1.54, 1.807) is 6.07 Å². The Morgan fingerprint density at radius 1 is 1.04 bits per heavy atom. The summed E-state index contributed by atoms with van der Waals surface area (Å²) in [4.78, 5) is 8.76. The summed E-state index contributed by atoms with van der Waals surface area (Å²) < 4.78 is 26.7. The number of anilines is 2. The molecule has 0 spiro atoms. The van der Waals surface area contributed by atoms with Crippen molar-refractivity contribution in [1.29, 1.82) is 0 Å². The summed E-state index contributed by atoms with van der Waals surface area (Å²) in [6.45, 7) is 1.87. The number of rotatable bonds is 4. The standard InChI is InChI=1S/C19H15F2N5O/c1-10-8-16(26-25-10)23-18-12-4-2-3-5-15(12)22-19(24-18)17(27)11-6-7-13(20)14(21)9-11/h2-9,17,27H,1H3,(H2,22,23,24,25,26)/t17-/m1/s1. The lowest BCUT2D eigenvalue weighted by molar-refractivity contribution is 0.209. The van der Waals surface area contributed by atoms with Crippen LogP contribution in [0.15, 0.2) is 48.5 Å². The van der Waals surface area contributed by atoms with Gasteiger partial charge in [0.15, 0.2) is 23.3 Å². The zero-order chi connectivity index (χ0) is 19.0. The third-order valence-corrected chi connectivity index (χ3v) is 4.08. The van der Waals surface area contributed by atoms with Crippen LogP contribution in [0.2, 0.25) is 0 Å². The van der Waals surface area contributed by atoms with Crippen molar-refractivity contribution in [2.24, 2.45) is 0 Å². The van der Waals surface area contributed by atoms with Gasteiger partial charge < -0.3 is 10.4 Å². The average Bonchev–Trinajstić information content (AvgIpc) is 3.08. The molecule has 6 nitrogen and oxygen atoms in total. The Labute approximate surface area is 152 Å². The quantitative estimate of drug-likeness (QED) is 0.511. The van der Waals surface area contributed by atoms with Crippen molar-refractivity contribution in [3.63, 3.8) is 0 Å². The first-order valence-electron chi connectivity index (χ1n) is 8.20. The third kappa shape index (κ3) is 3.34. The van der Waals surface area contributed by atoms with Gasteiger partial charge in [0.2, 0.25) is 0 Å². The fourth-order valence-corrected chi connectivity index (χ4v) is 2.75. The Morgan fingerprint density at radius 2 is 1.85 bits per heavy atom. The lowest BCUT2D eigenvalue weighted by Crippen LogP contribution is -2.09. The molecular weight excluding hydrogens is 352 g/mol. The van der Waals surface area contributed by atoms with E-state index in [1.807, 2.05) is 31.2 Å². The van der Waals surface area contributed by atoms with E-state index in [0.717, 1.165) is 23.2 Å². The summed E-state index contributed by atoms with van der Waals surface area (Å²) in [5, 5.41) is 21.4. The maximum absolute atomic E-state index is 13.5. The second-order valence-electron chi connectivity index (χ2n) is 6.08. The molecular formula is C19H15F2N5O. The van der Waals surface area contributed by atoms with Crippen LogP contribution in [0.1, 0.15) is 23.2 Å². The monoisotopic (exact) mass is 367 g/mol. The minimum absolute atomic E-state index is 0.0643. The minimum Gasteiger partial charge on any atom is -0.380 e. The van der Waals surface area contributed by atoms with Gasteiger partial charge in [0.25, 0.3) is 0 Å². The van der Waals surface area contributed by atoms with Crippen LogP contribution < -0.4 is 5.32 Å². The molecule has 1 atom stereocenters. The lowest BCUT2D eigenvalue weighted by atomic mass is 10.1. The molecule has 0 unspecified atom stereocenters. The molecule has 2 aromatic heterocycles. The van der Waals surface area contributed by atoms with Crippen LogP contribution in [0.4, 0.5) is 20.4 Å². The van der Waals surface area contributed by atoms with Gasteiger partial charge in [0, 0.05) is 17.1 Å². The molecule has 4 rings (SSSR count). The first kappa shape index (κ1) is 17.0. The molecule has 0 aliphatic carbocycles. The predicted octanol–water partition coefficient (Wildman–Crippen LogP) is 3.76. The first-order valence-corrected chi connectivity index (χ1v) is 8.20. The second kappa shape index (κ2) is 6.73. The summed E-state index contributed by atoms with van der Waals surface area (Å²) in [6.07, 6.45) is -1.31. The van der Waals surface area contributed by atoms with Crippen molar-refractivity contribution >= 4 is 22.5 Å². The Hall–Kier alpha value is -3.39. The second-order valence-corrected chi connectivity index (χ2v) is 6.08. The number of H-pyrrole nitrogens is 1. The summed E-state index contributed by atoms with van der Waals surface area (Å²) in [5.74, 6) is -0.956. The molecule has 0 saturated carbocycles. The molecule has 0 aliphatic rings. The van der Waals surface area contributed by atoms with Crippen LogP contribution >= 0.6 is 0 Å². The highest BCUT2D eigenvalue weighted by atomic mass is 19.2. The molecule has 8 heteroatoms. The Bertz CT molecular complexity index is 1130. The number of nitrogens with one attached hydrogen (secondary N) is 2. The van der Waals surface area contributed by atoms with E-state index in [0.29, 0.717) is 17.2 Å². The van der Waals surface area contributed by atoms with Crippen LogP contribution in [0, 0.1) is 18.6 Å². The number of aliphatic hydroxyl groups is 1. The number of para-hydroxylation sites is 1. The number of hydrogen-bond acceptors (Lipinski definition) is 5. The summed E-state index contributed by atoms with van der Waals surface area (Å²) in [6, 6.07) is 12.3. The smallest absolute Gasteiger partial charge is 0.164 e. The molecule has 27 heavy (non-hydrogen) atoms. The number of nitrogens with zero attached hydrogens (tertiary/aromatic N) is 3. The number of fused-ring (bicyclic) bond motifs is 1. The van der Waals surface area contributed by atoms with E-state index in [4.69, 9.17) is 0 Å². The number of hydrogen-bond donors (Lipinski definition) is 3. The first-order chi connectivity index (χ1) is 13.0. The van der Waals surface area contributed by atoms with E-state index >= 15 is 0 Å². The van der Waals surface area contributed by atoms with Gasteiger partial charge in [0.1, 0.15) is 11.9 Å². The summed E-state index contributed by atoms with van der Waals surface area (Å²) >= 11 is 0. The molecule has 0 aliphatic heterocycles. The molecule has 136 valence electrons. The van der Waals surface area contributed by atoms with Gasteiger partial charge in [0.05, 0.1) is 5.52 Å². The summed E-state index contributed by atoms with van der Waals surface area (Å²) in [7, 11) is 0. The van der Waals surface area contributed by atoms with E-state index in [9.17, 15) is 13.9 Å². The van der Waals surface area contributed by atoms with Gasteiger partial charge >= 0.3 is 0 Å². The zero-order valence-corrected chi connectivity index (χ0v) is 14.2. The van der Waals surface area contributed by atoms with Gasteiger partial charge in [-0.05, 0) is 36.8 Å². The van der Waals surface area contributed by atoms with Crippen molar-refractivity contribution in [2.75, 3.05) is 5.32 Å². The van der Waals surface area contributed by atoms with Crippen LogP contribution in [0.5, 0.6) is 0 Å². The third-order valence-electron chi connectivity index (χ3n) is 4.08. The SMILES string of the molecule is Cc1cc(Nc2nc([C@H](O)c3ccc(F)c(F)c3)nc3ccccc23)n[nH]1. The van der Waals surface area contributed by atoms with E-state index in [-0.39, 0.29) is 11.4 Å². The maximum Gasteiger partial charge on any atom is 0.164 e. The van der Waals surface area contributed by atoms with Crippen molar-refractivity contribution in [1.82, 2.24) is 20.2 Å². The van der Waals surface area contributed by atoms with Crippen molar-refractivity contribution in [3.8, 4) is 0 Å². The van der Waals surface area contributed by atoms with Gasteiger partial charge in [-0.15, -0.1) is 0 Å². The number of aryl methyl sites for hydroxylation is 1. The highest BCUT2D eigenvalue weighted by molar-refractivity contribution is 5.90. The highest BCUT2D eigenvalue weighted by Gasteiger charge is 2.18. The van der Waals surface area contributed by atoms with E-state index in [1.165, 1.54) is 6.07 Å². The number of aromatic amines is 1. The Morgan fingerprint density at radius 3 is 2.59 bits per heavy atom. The maximum atomic E-state index is 13.5. The Kier molecular flexibility index (Phi) is 4.25. The van der Waals surface area contributed by atoms with Gasteiger partial charge in [-0.2, -0.15) is 5.10 Å². The number of aliphatic hydroxyl groups excluding tert-OH is 1. The molecule has 2 heterocycles. The van der Waals surface area contributed by atoms with E-state index < -0.39 is 17.7 Å². The normalized spacial score (nSPS) is 12.3. The van der Waals surface area contributed by atoms with Crippen molar-refractivity contribution < 1.29 is 13.9 Å². The Balaban J connectivity index is 1.79. The topological polar surface area (TPSA) is 86.7 Å².